The first-order valence-electron chi connectivity index (χ1n) is 5.90. The Morgan fingerprint density at radius 1 is 1.47 bits per heavy atom. The lowest BCUT2D eigenvalue weighted by Gasteiger charge is -2.10. The number of hydrogen-bond donors (Lipinski definition) is 2. The van der Waals surface area contributed by atoms with Crippen LogP contribution < -0.4 is 5.32 Å². The van der Waals surface area contributed by atoms with Gasteiger partial charge in [0.2, 0.25) is 5.91 Å². The number of benzene rings is 1. The molecule has 2 N–H and O–H groups in total. The molecule has 1 amide bonds. The summed E-state index contributed by atoms with van der Waals surface area (Å²) in [4.78, 5) is 11.5. The monoisotopic (exact) mass is 273 g/mol. The fraction of sp³-hybridized carbons (Fsp3) is 0.462. The van der Waals surface area contributed by atoms with Crippen LogP contribution in [0.15, 0.2) is 18.2 Å². The van der Waals surface area contributed by atoms with E-state index in [0.29, 0.717) is 6.42 Å². The average molecular weight is 273 g/mol. The average Bonchev–Trinajstić information content (AvgIpc) is 2.34. The van der Waals surface area contributed by atoms with Crippen molar-refractivity contribution in [2.24, 2.45) is 0 Å². The molecule has 0 saturated heterocycles. The molecule has 0 aliphatic rings. The van der Waals surface area contributed by atoms with Gasteiger partial charge in [0.15, 0.2) is 0 Å². The lowest BCUT2D eigenvalue weighted by atomic mass is 10.1. The number of aliphatic hydroxyl groups is 1. The second kappa shape index (κ2) is 7.81. The van der Waals surface area contributed by atoms with Crippen molar-refractivity contribution >= 4 is 5.91 Å². The van der Waals surface area contributed by atoms with E-state index in [4.69, 9.17) is 4.74 Å². The minimum absolute atomic E-state index is 0.00920. The molecule has 0 radical (unpaired) electrons. The van der Waals surface area contributed by atoms with Crippen LogP contribution in [0.4, 0.5) is 8.78 Å². The predicted molar refractivity (Wildman–Crippen MR) is 65.6 cm³/mol. The lowest BCUT2D eigenvalue weighted by molar-refractivity contribution is -0.120. The zero-order valence-electron chi connectivity index (χ0n) is 10.7. The number of ether oxygens (including phenoxy) is 1. The summed E-state index contributed by atoms with van der Waals surface area (Å²) in [7, 11) is 1.47. The van der Waals surface area contributed by atoms with Crippen LogP contribution >= 0.6 is 0 Å². The van der Waals surface area contributed by atoms with Crippen molar-refractivity contribution in [3.8, 4) is 0 Å². The quantitative estimate of drug-likeness (QED) is 0.780. The number of carbonyl (C=O) groups excluding carboxylic acids is 1. The molecule has 0 fully saturated rings. The second-order valence-electron chi connectivity index (χ2n) is 4.16. The Balaban J connectivity index is 2.37. The van der Waals surface area contributed by atoms with E-state index in [-0.39, 0.29) is 25.1 Å². The van der Waals surface area contributed by atoms with Gasteiger partial charge in [-0.2, -0.15) is 0 Å². The topological polar surface area (TPSA) is 58.6 Å². The molecule has 1 aromatic carbocycles. The van der Waals surface area contributed by atoms with E-state index in [1.807, 2.05) is 0 Å². The standard InChI is InChI=1S/C13H17F2NO3/c1-19-8-11(17)4-5-16-13(18)7-9-6-10(14)2-3-12(9)15/h2-3,6,11,17H,4-5,7-8H2,1H3,(H,16,18). The summed E-state index contributed by atoms with van der Waals surface area (Å²) in [5, 5.41) is 11.9. The highest BCUT2D eigenvalue weighted by atomic mass is 19.1. The van der Waals surface area contributed by atoms with Crippen LogP contribution in [0.2, 0.25) is 0 Å². The molecular weight excluding hydrogens is 256 g/mol. The largest absolute Gasteiger partial charge is 0.391 e. The van der Waals surface area contributed by atoms with Crippen molar-refractivity contribution in [1.82, 2.24) is 5.32 Å². The predicted octanol–water partition coefficient (Wildman–Crippen LogP) is 1.02. The molecule has 0 aromatic heterocycles. The third kappa shape index (κ3) is 5.76. The molecule has 0 heterocycles. The number of halogens is 2. The first kappa shape index (κ1) is 15.5. The van der Waals surface area contributed by atoms with Crippen LogP contribution in [0.5, 0.6) is 0 Å². The normalized spacial score (nSPS) is 12.2. The van der Waals surface area contributed by atoms with Gasteiger partial charge in [-0.3, -0.25) is 4.79 Å². The molecule has 4 nitrogen and oxygen atoms in total. The molecule has 0 spiro atoms. The molecule has 0 aliphatic carbocycles. The van der Waals surface area contributed by atoms with Gasteiger partial charge in [-0.15, -0.1) is 0 Å². The molecule has 106 valence electrons. The molecule has 1 unspecified atom stereocenters. The summed E-state index contributed by atoms with van der Waals surface area (Å²) < 4.78 is 30.9. The number of amides is 1. The Kier molecular flexibility index (Phi) is 6.38. The van der Waals surface area contributed by atoms with E-state index in [2.05, 4.69) is 5.32 Å². The maximum absolute atomic E-state index is 13.3. The number of aliphatic hydroxyl groups excluding tert-OH is 1. The van der Waals surface area contributed by atoms with Gasteiger partial charge in [0.05, 0.1) is 19.1 Å². The van der Waals surface area contributed by atoms with Gasteiger partial charge in [0.25, 0.3) is 0 Å². The highest BCUT2D eigenvalue weighted by Gasteiger charge is 2.10. The van der Waals surface area contributed by atoms with Crippen LogP contribution in [0.25, 0.3) is 0 Å². The van der Waals surface area contributed by atoms with Gasteiger partial charge in [-0.1, -0.05) is 0 Å². The highest BCUT2D eigenvalue weighted by molar-refractivity contribution is 5.78. The molecule has 0 aliphatic heterocycles. The Bertz CT molecular complexity index is 426. The van der Waals surface area contributed by atoms with Gasteiger partial charge in [0, 0.05) is 19.2 Å². The zero-order chi connectivity index (χ0) is 14.3. The molecule has 0 saturated carbocycles. The third-order valence-electron chi connectivity index (χ3n) is 2.52. The van der Waals surface area contributed by atoms with Crippen LogP contribution in [0.1, 0.15) is 12.0 Å². The van der Waals surface area contributed by atoms with Gasteiger partial charge >= 0.3 is 0 Å². The zero-order valence-corrected chi connectivity index (χ0v) is 10.7. The molecule has 1 atom stereocenters. The van der Waals surface area contributed by atoms with Crippen molar-refractivity contribution in [3.05, 3.63) is 35.4 Å². The summed E-state index contributed by atoms with van der Waals surface area (Å²) in [5.74, 6) is -1.62. The molecule has 19 heavy (non-hydrogen) atoms. The van der Waals surface area contributed by atoms with E-state index in [0.717, 1.165) is 18.2 Å². The Morgan fingerprint density at radius 3 is 2.89 bits per heavy atom. The van der Waals surface area contributed by atoms with Gasteiger partial charge in [0.1, 0.15) is 11.6 Å². The maximum atomic E-state index is 13.3. The van der Waals surface area contributed by atoms with Gasteiger partial charge in [-0.25, -0.2) is 8.78 Å². The van der Waals surface area contributed by atoms with E-state index in [9.17, 15) is 18.7 Å². The van der Waals surface area contributed by atoms with Gasteiger partial charge in [-0.05, 0) is 24.6 Å². The van der Waals surface area contributed by atoms with E-state index in [1.54, 1.807) is 0 Å². The maximum Gasteiger partial charge on any atom is 0.224 e. The first-order valence-corrected chi connectivity index (χ1v) is 5.90. The minimum atomic E-state index is -0.656. The smallest absolute Gasteiger partial charge is 0.224 e. The van der Waals surface area contributed by atoms with Crippen LogP contribution in [0, 0.1) is 11.6 Å². The SMILES string of the molecule is COCC(O)CCNC(=O)Cc1cc(F)ccc1F. The highest BCUT2D eigenvalue weighted by Crippen LogP contribution is 2.10. The van der Waals surface area contributed by atoms with E-state index >= 15 is 0 Å². The fourth-order valence-corrected chi connectivity index (χ4v) is 1.57. The van der Waals surface area contributed by atoms with Crippen LogP contribution in [0.3, 0.4) is 0 Å². The fourth-order valence-electron chi connectivity index (χ4n) is 1.57. The summed E-state index contributed by atoms with van der Waals surface area (Å²) >= 11 is 0. The van der Waals surface area contributed by atoms with Crippen molar-refractivity contribution < 1.29 is 23.4 Å². The van der Waals surface area contributed by atoms with E-state index < -0.39 is 23.6 Å². The first-order chi connectivity index (χ1) is 9.02. The summed E-state index contributed by atoms with van der Waals surface area (Å²) in [5.41, 5.74) is 0.00920. The second-order valence-corrected chi connectivity index (χ2v) is 4.16. The van der Waals surface area contributed by atoms with Crippen LogP contribution in [-0.2, 0) is 16.0 Å². The molecule has 1 rings (SSSR count). The number of methoxy groups -OCH3 is 1. The van der Waals surface area contributed by atoms with Crippen molar-refractivity contribution in [2.75, 3.05) is 20.3 Å². The summed E-state index contributed by atoms with van der Waals surface area (Å²) in [6.45, 7) is 0.439. The Labute approximate surface area is 110 Å². The number of rotatable bonds is 7. The Hall–Kier alpha value is -1.53. The van der Waals surface area contributed by atoms with Crippen molar-refractivity contribution in [2.45, 2.75) is 18.9 Å². The number of carbonyl (C=O) groups is 1. The molecule has 0 bridgehead atoms. The molecular formula is C13H17F2NO3. The van der Waals surface area contributed by atoms with E-state index in [1.165, 1.54) is 7.11 Å². The lowest BCUT2D eigenvalue weighted by Crippen LogP contribution is -2.29. The van der Waals surface area contributed by atoms with Crippen molar-refractivity contribution in [3.63, 3.8) is 0 Å². The minimum Gasteiger partial charge on any atom is -0.391 e. The van der Waals surface area contributed by atoms with Crippen molar-refractivity contribution in [1.29, 1.82) is 0 Å². The molecule has 1 aromatic rings. The molecule has 6 heteroatoms. The number of nitrogens with one attached hydrogen (secondary N) is 1. The van der Waals surface area contributed by atoms with Gasteiger partial charge < -0.3 is 15.2 Å². The summed E-state index contributed by atoms with van der Waals surface area (Å²) in [6.07, 6.45) is -0.550. The third-order valence-corrected chi connectivity index (χ3v) is 2.52. The van der Waals surface area contributed by atoms with Crippen LogP contribution in [-0.4, -0.2) is 37.4 Å². The Morgan fingerprint density at radius 2 is 2.21 bits per heavy atom. The summed E-state index contributed by atoms with van der Waals surface area (Å²) in [6, 6.07) is 2.98. The number of hydrogen-bond acceptors (Lipinski definition) is 3.